The second kappa shape index (κ2) is 8.51. The number of aryl methyl sites for hydroxylation is 2. The van der Waals surface area contributed by atoms with E-state index in [1.165, 1.54) is 17.8 Å². The van der Waals surface area contributed by atoms with Crippen molar-refractivity contribution in [3.63, 3.8) is 0 Å². The zero-order chi connectivity index (χ0) is 22.1. The van der Waals surface area contributed by atoms with Crippen molar-refractivity contribution in [2.45, 2.75) is 31.4 Å². The standard InChI is InChI=1S/C25H20N2O4S/c1-15-7-8-16(2)21(11-15)29-13-22-26-27-25(31-22)32-14-18-12-23(28)30-20-10-9-17-5-3-4-6-19(17)24(18)20/h3-12H,13-14H2,1-2H3. The Bertz CT molecular complexity index is 1490. The Labute approximate surface area is 188 Å². The molecule has 0 fully saturated rings. The molecule has 0 saturated carbocycles. The molecule has 2 aromatic heterocycles. The van der Waals surface area contributed by atoms with E-state index in [1.54, 1.807) is 0 Å². The minimum Gasteiger partial charge on any atom is -0.484 e. The van der Waals surface area contributed by atoms with E-state index < -0.39 is 0 Å². The van der Waals surface area contributed by atoms with Crippen LogP contribution in [0.2, 0.25) is 0 Å². The maximum absolute atomic E-state index is 12.1. The summed E-state index contributed by atoms with van der Waals surface area (Å²) in [4.78, 5) is 12.1. The quantitative estimate of drug-likeness (QED) is 0.186. The van der Waals surface area contributed by atoms with Crippen molar-refractivity contribution in [1.82, 2.24) is 10.2 Å². The van der Waals surface area contributed by atoms with Crippen LogP contribution in [0.5, 0.6) is 5.75 Å². The van der Waals surface area contributed by atoms with Crippen molar-refractivity contribution >= 4 is 33.5 Å². The van der Waals surface area contributed by atoms with Crippen molar-refractivity contribution in [2.24, 2.45) is 0 Å². The molecule has 0 atom stereocenters. The summed E-state index contributed by atoms with van der Waals surface area (Å²) in [6.07, 6.45) is 0. The molecule has 0 aliphatic heterocycles. The highest BCUT2D eigenvalue weighted by Gasteiger charge is 2.13. The maximum atomic E-state index is 12.1. The van der Waals surface area contributed by atoms with Gasteiger partial charge in [-0.1, -0.05) is 54.2 Å². The van der Waals surface area contributed by atoms with Gasteiger partial charge in [-0.15, -0.1) is 10.2 Å². The molecule has 5 aromatic rings. The third kappa shape index (κ3) is 4.11. The molecule has 0 saturated heterocycles. The number of nitrogens with zero attached hydrogens (tertiary/aromatic N) is 2. The molecule has 0 radical (unpaired) electrons. The smallest absolute Gasteiger partial charge is 0.336 e. The van der Waals surface area contributed by atoms with Crippen LogP contribution in [-0.2, 0) is 12.4 Å². The summed E-state index contributed by atoms with van der Waals surface area (Å²) in [6.45, 7) is 4.21. The van der Waals surface area contributed by atoms with Gasteiger partial charge in [-0.05, 0) is 53.4 Å². The van der Waals surface area contributed by atoms with Gasteiger partial charge >= 0.3 is 5.63 Å². The van der Waals surface area contributed by atoms with Crippen LogP contribution >= 0.6 is 11.8 Å². The van der Waals surface area contributed by atoms with Gasteiger partial charge < -0.3 is 13.6 Å². The van der Waals surface area contributed by atoms with E-state index in [-0.39, 0.29) is 12.2 Å². The van der Waals surface area contributed by atoms with E-state index >= 15 is 0 Å². The monoisotopic (exact) mass is 444 g/mol. The van der Waals surface area contributed by atoms with Crippen LogP contribution in [0.4, 0.5) is 0 Å². The van der Waals surface area contributed by atoms with E-state index in [2.05, 4.69) is 10.2 Å². The largest absolute Gasteiger partial charge is 0.484 e. The summed E-state index contributed by atoms with van der Waals surface area (Å²) in [7, 11) is 0. The third-order valence-electron chi connectivity index (χ3n) is 5.21. The number of fused-ring (bicyclic) bond motifs is 3. The van der Waals surface area contributed by atoms with Gasteiger partial charge in [0.05, 0.1) is 0 Å². The predicted octanol–water partition coefficient (Wildman–Crippen LogP) is 5.82. The minimum absolute atomic E-state index is 0.195. The molecule has 2 heterocycles. The molecule has 3 aromatic carbocycles. The topological polar surface area (TPSA) is 78.4 Å². The maximum Gasteiger partial charge on any atom is 0.336 e. The normalized spacial score (nSPS) is 11.3. The molecular weight excluding hydrogens is 424 g/mol. The lowest BCUT2D eigenvalue weighted by Gasteiger charge is -2.08. The number of benzene rings is 3. The summed E-state index contributed by atoms with van der Waals surface area (Å²) in [5.41, 5.74) is 3.23. The van der Waals surface area contributed by atoms with Gasteiger partial charge in [0.25, 0.3) is 11.1 Å². The van der Waals surface area contributed by atoms with Crippen LogP contribution in [0, 0.1) is 13.8 Å². The number of thioether (sulfide) groups is 1. The molecule has 0 N–H and O–H groups in total. The number of hydrogen-bond acceptors (Lipinski definition) is 7. The summed E-state index contributed by atoms with van der Waals surface area (Å²) >= 11 is 1.38. The number of ether oxygens (including phenoxy) is 1. The van der Waals surface area contributed by atoms with E-state index in [4.69, 9.17) is 13.6 Å². The molecule has 0 bridgehead atoms. The first kappa shape index (κ1) is 20.3. The molecule has 0 aliphatic carbocycles. The number of hydrogen-bond donors (Lipinski definition) is 0. The van der Waals surface area contributed by atoms with E-state index in [0.29, 0.717) is 22.4 Å². The van der Waals surface area contributed by atoms with Crippen molar-refractivity contribution in [3.8, 4) is 5.75 Å². The predicted molar refractivity (Wildman–Crippen MR) is 124 cm³/mol. The van der Waals surface area contributed by atoms with Crippen molar-refractivity contribution in [2.75, 3.05) is 0 Å². The molecule has 32 heavy (non-hydrogen) atoms. The van der Waals surface area contributed by atoms with Crippen LogP contribution in [0.15, 0.2) is 79.5 Å². The highest BCUT2D eigenvalue weighted by molar-refractivity contribution is 7.98. The van der Waals surface area contributed by atoms with Gasteiger partial charge in [-0.3, -0.25) is 0 Å². The molecule has 0 spiro atoms. The summed E-state index contributed by atoms with van der Waals surface area (Å²) in [5, 5.41) is 11.7. The molecular formula is C25H20N2O4S. The fraction of sp³-hybridized carbons (Fsp3) is 0.160. The highest BCUT2D eigenvalue weighted by Crippen LogP contribution is 2.31. The van der Waals surface area contributed by atoms with Gasteiger partial charge in [0.15, 0.2) is 6.61 Å². The lowest BCUT2D eigenvalue weighted by Crippen LogP contribution is -2.00. The molecule has 160 valence electrons. The Morgan fingerprint density at radius 1 is 0.969 bits per heavy atom. The first-order valence-corrected chi connectivity index (χ1v) is 11.1. The van der Waals surface area contributed by atoms with Crippen LogP contribution in [0.25, 0.3) is 21.7 Å². The molecule has 0 unspecified atom stereocenters. The Kier molecular flexibility index (Phi) is 5.41. The van der Waals surface area contributed by atoms with Gasteiger partial charge in [-0.2, -0.15) is 0 Å². The highest BCUT2D eigenvalue weighted by atomic mass is 32.2. The van der Waals surface area contributed by atoms with E-state index in [0.717, 1.165) is 38.6 Å². The van der Waals surface area contributed by atoms with Crippen LogP contribution in [0.3, 0.4) is 0 Å². The van der Waals surface area contributed by atoms with E-state index in [9.17, 15) is 4.79 Å². The fourth-order valence-corrected chi connectivity index (χ4v) is 4.39. The minimum atomic E-state index is -0.378. The van der Waals surface area contributed by atoms with Crippen molar-refractivity contribution in [3.05, 3.63) is 93.7 Å². The zero-order valence-electron chi connectivity index (χ0n) is 17.6. The average molecular weight is 445 g/mol. The van der Waals surface area contributed by atoms with Crippen LogP contribution in [-0.4, -0.2) is 10.2 Å². The zero-order valence-corrected chi connectivity index (χ0v) is 18.4. The van der Waals surface area contributed by atoms with Gasteiger partial charge in [0.2, 0.25) is 0 Å². The Morgan fingerprint density at radius 2 is 1.84 bits per heavy atom. The Hall–Kier alpha value is -3.58. The first-order valence-electron chi connectivity index (χ1n) is 10.2. The lowest BCUT2D eigenvalue weighted by molar-refractivity contribution is 0.250. The van der Waals surface area contributed by atoms with Crippen LogP contribution < -0.4 is 10.4 Å². The molecule has 6 nitrogen and oxygen atoms in total. The summed E-state index contributed by atoms with van der Waals surface area (Å²) < 4.78 is 17.0. The fourth-order valence-electron chi connectivity index (χ4n) is 3.63. The van der Waals surface area contributed by atoms with Crippen molar-refractivity contribution in [1.29, 1.82) is 0 Å². The molecule has 5 rings (SSSR count). The second-order valence-corrected chi connectivity index (χ2v) is 8.49. The SMILES string of the molecule is Cc1ccc(C)c(OCc2nnc(SCc3cc(=O)oc4ccc5ccccc5c34)o2)c1. The second-order valence-electron chi connectivity index (χ2n) is 7.56. The number of aromatic nitrogens is 2. The number of rotatable bonds is 6. The molecule has 7 heteroatoms. The van der Waals surface area contributed by atoms with Crippen molar-refractivity contribution < 1.29 is 13.6 Å². The van der Waals surface area contributed by atoms with Gasteiger partial charge in [-0.25, -0.2) is 4.79 Å². The lowest BCUT2D eigenvalue weighted by atomic mass is 10.0. The third-order valence-corrected chi connectivity index (χ3v) is 6.08. The summed E-state index contributed by atoms with van der Waals surface area (Å²) in [5.74, 6) is 1.69. The Balaban J connectivity index is 1.35. The molecule has 0 aliphatic rings. The summed E-state index contributed by atoms with van der Waals surface area (Å²) in [6, 6.07) is 19.4. The average Bonchev–Trinajstić information content (AvgIpc) is 3.25. The Morgan fingerprint density at radius 3 is 2.75 bits per heavy atom. The van der Waals surface area contributed by atoms with E-state index in [1.807, 2.05) is 68.4 Å². The first-order chi connectivity index (χ1) is 15.6. The van der Waals surface area contributed by atoms with Gasteiger partial charge in [0, 0.05) is 17.2 Å². The molecule has 0 amide bonds. The van der Waals surface area contributed by atoms with Crippen LogP contribution in [0.1, 0.15) is 22.6 Å². The van der Waals surface area contributed by atoms with Gasteiger partial charge in [0.1, 0.15) is 11.3 Å².